The van der Waals surface area contributed by atoms with Gasteiger partial charge in [0, 0.05) is 32.6 Å². The molecule has 2 aromatic carbocycles. The summed E-state index contributed by atoms with van der Waals surface area (Å²) in [5.41, 5.74) is 0.431. The number of hydrogen-bond donors (Lipinski definition) is 2. The molecule has 0 aliphatic heterocycles. The molecule has 1 heterocycles. The molecule has 0 saturated heterocycles. The van der Waals surface area contributed by atoms with Crippen LogP contribution in [0.25, 0.3) is 20.2 Å². The lowest BCUT2D eigenvalue weighted by molar-refractivity contribution is 0.0383. The van der Waals surface area contributed by atoms with Gasteiger partial charge in [-0.25, -0.2) is 0 Å². The second kappa shape index (κ2) is 5.41. The summed E-state index contributed by atoms with van der Waals surface area (Å²) in [7, 11) is 1.87. The molecule has 0 fully saturated rings. The number of likely N-dealkylation sites (N-methyl/N-ethyl adjacent to an activating group) is 1. The molecule has 1 aromatic heterocycles. The lowest BCUT2D eigenvalue weighted by atomic mass is 9.84. The van der Waals surface area contributed by atoms with Crippen LogP contribution in [0.2, 0.25) is 0 Å². The van der Waals surface area contributed by atoms with Crippen molar-refractivity contribution < 1.29 is 5.11 Å². The molecule has 110 valence electrons. The molecule has 0 saturated carbocycles. The molecule has 3 rings (SSSR count). The molecule has 2 nitrogen and oxygen atoms in total. The monoisotopic (exact) mass is 299 g/mol. The fourth-order valence-electron chi connectivity index (χ4n) is 2.88. The summed E-state index contributed by atoms with van der Waals surface area (Å²) >= 11 is 1.82. The third-order valence-electron chi connectivity index (χ3n) is 4.37. The van der Waals surface area contributed by atoms with Gasteiger partial charge in [-0.15, -0.1) is 11.3 Å². The molecular formula is C18H21NOS. The highest BCUT2D eigenvalue weighted by Crippen LogP contribution is 2.37. The maximum absolute atomic E-state index is 10.6. The second-order valence-electron chi connectivity index (χ2n) is 5.96. The van der Waals surface area contributed by atoms with E-state index in [0.29, 0.717) is 6.54 Å². The highest BCUT2D eigenvalue weighted by atomic mass is 32.1. The zero-order chi connectivity index (χ0) is 15.0. The Morgan fingerprint density at radius 3 is 2.62 bits per heavy atom. The number of hydrogen-bond acceptors (Lipinski definition) is 3. The van der Waals surface area contributed by atoms with Gasteiger partial charge in [-0.3, -0.25) is 0 Å². The Bertz CT molecular complexity index is 775. The van der Waals surface area contributed by atoms with Gasteiger partial charge in [-0.1, -0.05) is 31.2 Å². The highest BCUT2D eigenvalue weighted by Gasteiger charge is 2.29. The number of rotatable bonds is 4. The Morgan fingerprint density at radius 1 is 1.14 bits per heavy atom. The van der Waals surface area contributed by atoms with Crippen molar-refractivity contribution in [3.8, 4) is 0 Å². The summed E-state index contributed by atoms with van der Waals surface area (Å²) in [4.78, 5) is 0. The van der Waals surface area contributed by atoms with Crippen molar-refractivity contribution in [2.75, 3.05) is 13.6 Å². The first kappa shape index (κ1) is 14.5. The molecule has 0 bridgehead atoms. The Hall–Kier alpha value is -1.42. The van der Waals surface area contributed by atoms with Gasteiger partial charge in [0.25, 0.3) is 0 Å². The van der Waals surface area contributed by atoms with Gasteiger partial charge in [-0.2, -0.15) is 0 Å². The average Bonchev–Trinajstić information content (AvgIpc) is 2.84. The van der Waals surface area contributed by atoms with E-state index in [2.05, 4.69) is 54.7 Å². The molecule has 0 amide bonds. The molecule has 21 heavy (non-hydrogen) atoms. The summed E-state index contributed by atoms with van der Waals surface area (Å²) in [5, 5.41) is 16.3. The maximum Gasteiger partial charge on any atom is 0.0808 e. The Kier molecular flexibility index (Phi) is 3.74. The molecule has 2 N–H and O–H groups in total. The van der Waals surface area contributed by atoms with Crippen LogP contribution >= 0.6 is 11.3 Å². The largest absolute Gasteiger partial charge is 0.388 e. The predicted octanol–water partition coefficient (Wildman–Crippen LogP) is 4.13. The zero-order valence-corrected chi connectivity index (χ0v) is 13.5. The molecule has 0 aliphatic rings. The molecule has 0 spiro atoms. The number of thiophene rings is 1. The Labute approximate surface area is 129 Å². The predicted molar refractivity (Wildman–Crippen MR) is 92.3 cm³/mol. The van der Waals surface area contributed by atoms with Gasteiger partial charge in [0.15, 0.2) is 0 Å². The van der Waals surface area contributed by atoms with Gasteiger partial charge in [-0.05, 0) is 37.7 Å². The van der Waals surface area contributed by atoms with Crippen LogP contribution in [0.3, 0.4) is 0 Å². The number of aliphatic hydroxyl groups is 1. The normalized spacial score (nSPS) is 16.2. The first-order valence-electron chi connectivity index (χ1n) is 7.31. The van der Waals surface area contributed by atoms with Crippen LogP contribution in [0, 0.1) is 0 Å². The van der Waals surface area contributed by atoms with Crippen LogP contribution in [0.5, 0.6) is 0 Å². The highest BCUT2D eigenvalue weighted by molar-refractivity contribution is 7.25. The van der Waals surface area contributed by atoms with Crippen molar-refractivity contribution in [2.24, 2.45) is 0 Å². The summed E-state index contributed by atoms with van der Waals surface area (Å²) in [6.45, 7) is 4.56. The van der Waals surface area contributed by atoms with E-state index in [1.807, 2.05) is 25.3 Å². The quantitative estimate of drug-likeness (QED) is 0.759. The van der Waals surface area contributed by atoms with E-state index in [1.165, 1.54) is 25.7 Å². The number of benzene rings is 2. The molecule has 3 aromatic rings. The van der Waals surface area contributed by atoms with E-state index < -0.39 is 5.60 Å². The fraction of sp³-hybridized carbons (Fsp3) is 0.333. The lowest BCUT2D eigenvalue weighted by Crippen LogP contribution is -2.40. The van der Waals surface area contributed by atoms with Gasteiger partial charge in [0.2, 0.25) is 0 Å². The van der Waals surface area contributed by atoms with Crippen molar-refractivity contribution in [3.05, 3.63) is 48.0 Å². The van der Waals surface area contributed by atoms with Crippen LogP contribution in [0.4, 0.5) is 0 Å². The molecular weight excluding hydrogens is 278 g/mol. The summed E-state index contributed by atoms with van der Waals surface area (Å²) in [6, 6.07) is 15.1. The van der Waals surface area contributed by atoms with E-state index in [4.69, 9.17) is 0 Å². The molecule has 0 radical (unpaired) electrons. The fourth-order valence-corrected chi connectivity index (χ4v) is 3.97. The number of nitrogens with one attached hydrogen (secondary N) is 1. The zero-order valence-electron chi connectivity index (χ0n) is 12.7. The Balaban J connectivity index is 2.10. The lowest BCUT2D eigenvalue weighted by Gasteiger charge is -2.30. The minimum Gasteiger partial charge on any atom is -0.388 e. The number of fused-ring (bicyclic) bond motifs is 3. The third-order valence-corrected chi connectivity index (χ3v) is 5.52. The van der Waals surface area contributed by atoms with Crippen molar-refractivity contribution in [1.82, 2.24) is 5.32 Å². The van der Waals surface area contributed by atoms with Gasteiger partial charge in [0.1, 0.15) is 0 Å². The van der Waals surface area contributed by atoms with Gasteiger partial charge >= 0.3 is 0 Å². The summed E-state index contributed by atoms with van der Waals surface area (Å²) < 4.78 is 2.62. The summed E-state index contributed by atoms with van der Waals surface area (Å²) in [6.07, 6.45) is 0. The second-order valence-corrected chi connectivity index (χ2v) is 7.05. The Morgan fingerprint density at radius 2 is 1.86 bits per heavy atom. The SMILES string of the molecule is CNCC(C)(O)C(C)c1ccc2sc3ccccc3c2c1. The van der Waals surface area contributed by atoms with Crippen LogP contribution in [0.15, 0.2) is 42.5 Å². The minimum absolute atomic E-state index is 0.0769. The molecule has 2 atom stereocenters. The van der Waals surface area contributed by atoms with Crippen molar-refractivity contribution in [2.45, 2.75) is 25.4 Å². The van der Waals surface area contributed by atoms with Gasteiger partial charge < -0.3 is 10.4 Å². The van der Waals surface area contributed by atoms with Crippen molar-refractivity contribution >= 4 is 31.5 Å². The van der Waals surface area contributed by atoms with Crippen LogP contribution < -0.4 is 5.32 Å². The smallest absolute Gasteiger partial charge is 0.0808 e. The average molecular weight is 299 g/mol. The molecule has 2 unspecified atom stereocenters. The van der Waals surface area contributed by atoms with E-state index >= 15 is 0 Å². The molecule has 0 aliphatic carbocycles. The third kappa shape index (κ3) is 2.57. The van der Waals surface area contributed by atoms with E-state index in [0.717, 1.165) is 0 Å². The van der Waals surface area contributed by atoms with Crippen molar-refractivity contribution in [3.63, 3.8) is 0 Å². The standard InChI is InChI=1S/C18H21NOS/c1-12(18(2,20)11-19-3)13-8-9-17-15(10-13)14-6-4-5-7-16(14)21-17/h4-10,12,19-20H,11H2,1-3H3. The van der Waals surface area contributed by atoms with Crippen LogP contribution in [-0.4, -0.2) is 24.3 Å². The van der Waals surface area contributed by atoms with Crippen molar-refractivity contribution in [1.29, 1.82) is 0 Å². The van der Waals surface area contributed by atoms with E-state index in [1.54, 1.807) is 0 Å². The summed E-state index contributed by atoms with van der Waals surface area (Å²) in [5.74, 6) is 0.0769. The minimum atomic E-state index is -0.756. The topological polar surface area (TPSA) is 32.3 Å². The van der Waals surface area contributed by atoms with E-state index in [9.17, 15) is 5.11 Å². The first-order chi connectivity index (χ1) is 10.0. The van der Waals surface area contributed by atoms with E-state index in [-0.39, 0.29) is 5.92 Å². The van der Waals surface area contributed by atoms with Crippen LogP contribution in [-0.2, 0) is 0 Å². The van der Waals surface area contributed by atoms with Gasteiger partial charge in [0.05, 0.1) is 5.60 Å². The molecule has 3 heteroatoms. The first-order valence-corrected chi connectivity index (χ1v) is 8.13. The maximum atomic E-state index is 10.6. The van der Waals surface area contributed by atoms with Crippen LogP contribution in [0.1, 0.15) is 25.3 Å².